The van der Waals surface area contributed by atoms with Gasteiger partial charge in [-0.15, -0.1) is 0 Å². The average molecular weight is 408 g/mol. The number of hydrogen-bond acceptors (Lipinski definition) is 4. The molecule has 26 heavy (non-hydrogen) atoms. The molecule has 0 saturated carbocycles. The molecule has 8 heteroatoms. The molecule has 1 atom stereocenters. The van der Waals surface area contributed by atoms with Crippen LogP contribution in [0.4, 0.5) is 11.4 Å². The molecule has 2 aromatic carbocycles. The summed E-state index contributed by atoms with van der Waals surface area (Å²) in [6.45, 7) is 1.85. The van der Waals surface area contributed by atoms with Gasteiger partial charge in [-0.05, 0) is 42.8 Å². The van der Waals surface area contributed by atoms with Crippen LogP contribution < -0.4 is 10.6 Å². The predicted octanol–water partition coefficient (Wildman–Crippen LogP) is 4.55. The van der Waals surface area contributed by atoms with Crippen LogP contribution in [0.1, 0.15) is 12.0 Å². The molecule has 0 unspecified atom stereocenters. The van der Waals surface area contributed by atoms with Gasteiger partial charge in [0.25, 0.3) is 0 Å². The van der Waals surface area contributed by atoms with E-state index in [2.05, 4.69) is 15.6 Å². The largest absolute Gasteiger partial charge is 0.326 e. The van der Waals surface area contributed by atoms with Gasteiger partial charge >= 0.3 is 0 Å². The van der Waals surface area contributed by atoms with Crippen LogP contribution in [0.5, 0.6) is 0 Å². The minimum absolute atomic E-state index is 0.0418. The van der Waals surface area contributed by atoms with E-state index < -0.39 is 5.25 Å². The fourth-order valence-electron chi connectivity index (χ4n) is 2.38. The van der Waals surface area contributed by atoms with Crippen molar-refractivity contribution >= 4 is 63.3 Å². The summed E-state index contributed by atoms with van der Waals surface area (Å²) in [6, 6.07) is 12.3. The Balaban J connectivity index is 1.64. The van der Waals surface area contributed by atoms with E-state index in [-0.39, 0.29) is 18.2 Å². The van der Waals surface area contributed by atoms with Crippen molar-refractivity contribution in [1.29, 1.82) is 0 Å². The summed E-state index contributed by atoms with van der Waals surface area (Å²) in [5, 5.41) is 6.49. The van der Waals surface area contributed by atoms with E-state index in [0.717, 1.165) is 5.56 Å². The Labute approximate surface area is 165 Å². The summed E-state index contributed by atoms with van der Waals surface area (Å²) in [6.07, 6.45) is 0.0418. The summed E-state index contributed by atoms with van der Waals surface area (Å²) in [7, 11) is 0. The third kappa shape index (κ3) is 4.58. The van der Waals surface area contributed by atoms with Gasteiger partial charge in [0.15, 0.2) is 5.17 Å². The first-order valence-electron chi connectivity index (χ1n) is 7.79. The lowest BCUT2D eigenvalue weighted by atomic mass is 10.2. The van der Waals surface area contributed by atoms with Crippen LogP contribution in [0, 0.1) is 6.92 Å². The van der Waals surface area contributed by atoms with Crippen molar-refractivity contribution in [3.8, 4) is 0 Å². The molecule has 2 amide bonds. The van der Waals surface area contributed by atoms with Crippen molar-refractivity contribution in [2.45, 2.75) is 18.6 Å². The van der Waals surface area contributed by atoms with E-state index in [4.69, 9.17) is 23.2 Å². The third-order valence-electron chi connectivity index (χ3n) is 3.68. The third-order valence-corrected chi connectivity index (χ3v) is 5.32. The zero-order valence-corrected chi connectivity index (χ0v) is 16.1. The van der Waals surface area contributed by atoms with Crippen molar-refractivity contribution in [3.05, 3.63) is 58.1 Å². The number of halogens is 2. The molecule has 1 aliphatic heterocycles. The van der Waals surface area contributed by atoms with E-state index in [9.17, 15) is 9.59 Å². The number of anilines is 1. The Morgan fingerprint density at radius 3 is 2.77 bits per heavy atom. The molecule has 1 aliphatic rings. The Kier molecular flexibility index (Phi) is 5.86. The highest BCUT2D eigenvalue weighted by Crippen LogP contribution is 2.29. The number of aliphatic imine (C=N–C) groups is 1. The maximum absolute atomic E-state index is 12.3. The predicted molar refractivity (Wildman–Crippen MR) is 108 cm³/mol. The number of amidine groups is 1. The molecule has 2 aromatic rings. The molecular weight excluding hydrogens is 393 g/mol. The molecule has 3 rings (SSSR count). The standard InChI is InChI=1S/C18H15Cl2N3O2S/c1-10-8-11(19)6-7-13(10)21-16(24)9-15-17(25)23-18(26-15)22-14-5-3-2-4-12(14)20/h2-8,15H,9H2,1H3,(H,21,24)(H,22,23,25)/t15-/m0/s1. The van der Waals surface area contributed by atoms with Crippen molar-refractivity contribution in [1.82, 2.24) is 5.32 Å². The molecule has 0 aliphatic carbocycles. The number of nitrogens with one attached hydrogen (secondary N) is 2. The van der Waals surface area contributed by atoms with Gasteiger partial charge in [0.05, 0.1) is 10.7 Å². The minimum atomic E-state index is -0.538. The highest BCUT2D eigenvalue weighted by molar-refractivity contribution is 8.15. The van der Waals surface area contributed by atoms with E-state index in [1.54, 1.807) is 36.4 Å². The van der Waals surface area contributed by atoms with Crippen molar-refractivity contribution in [2.75, 3.05) is 5.32 Å². The maximum atomic E-state index is 12.3. The fourth-order valence-corrected chi connectivity index (χ4v) is 3.77. The fraction of sp³-hybridized carbons (Fsp3) is 0.167. The number of aryl methyl sites for hydroxylation is 1. The zero-order valence-electron chi connectivity index (χ0n) is 13.8. The van der Waals surface area contributed by atoms with Gasteiger partial charge in [-0.2, -0.15) is 0 Å². The molecule has 0 spiro atoms. The monoisotopic (exact) mass is 407 g/mol. The molecule has 0 bridgehead atoms. The Morgan fingerprint density at radius 1 is 1.27 bits per heavy atom. The number of hydrogen-bond donors (Lipinski definition) is 2. The van der Waals surface area contributed by atoms with E-state index in [1.165, 1.54) is 11.8 Å². The maximum Gasteiger partial charge on any atom is 0.240 e. The second-order valence-electron chi connectivity index (χ2n) is 5.68. The quantitative estimate of drug-likeness (QED) is 0.780. The summed E-state index contributed by atoms with van der Waals surface area (Å²) < 4.78 is 0. The van der Waals surface area contributed by atoms with Crippen LogP contribution in [0.25, 0.3) is 0 Å². The van der Waals surface area contributed by atoms with Crippen LogP contribution in [-0.2, 0) is 9.59 Å². The highest BCUT2D eigenvalue weighted by atomic mass is 35.5. The second-order valence-corrected chi connectivity index (χ2v) is 7.71. The molecule has 1 fully saturated rings. The number of thioether (sulfide) groups is 1. The van der Waals surface area contributed by atoms with Crippen LogP contribution >= 0.6 is 35.0 Å². The van der Waals surface area contributed by atoms with Crippen LogP contribution in [0.15, 0.2) is 47.5 Å². The van der Waals surface area contributed by atoms with Gasteiger partial charge in [-0.1, -0.05) is 47.1 Å². The summed E-state index contributed by atoms with van der Waals surface area (Å²) in [5.41, 5.74) is 2.10. The highest BCUT2D eigenvalue weighted by Gasteiger charge is 2.32. The van der Waals surface area contributed by atoms with E-state index in [0.29, 0.717) is 26.6 Å². The number of benzene rings is 2. The molecule has 0 radical (unpaired) electrons. The van der Waals surface area contributed by atoms with Crippen LogP contribution in [-0.4, -0.2) is 22.2 Å². The Bertz CT molecular complexity index is 902. The first-order valence-corrected chi connectivity index (χ1v) is 9.42. The lowest BCUT2D eigenvalue weighted by molar-refractivity contribution is -0.122. The summed E-state index contributed by atoms with van der Waals surface area (Å²) in [4.78, 5) is 28.7. The zero-order chi connectivity index (χ0) is 18.7. The van der Waals surface area contributed by atoms with Gasteiger partial charge in [0, 0.05) is 17.1 Å². The first-order chi connectivity index (χ1) is 12.4. The Hall–Kier alpha value is -2.02. The van der Waals surface area contributed by atoms with Crippen molar-refractivity contribution in [3.63, 3.8) is 0 Å². The molecule has 1 saturated heterocycles. The number of carbonyl (C=O) groups excluding carboxylic acids is 2. The number of nitrogens with zero attached hydrogens (tertiary/aromatic N) is 1. The summed E-state index contributed by atoms with van der Waals surface area (Å²) >= 11 is 13.2. The first kappa shape index (κ1) is 18.8. The number of para-hydroxylation sites is 1. The lowest BCUT2D eigenvalue weighted by Gasteiger charge is -2.10. The topological polar surface area (TPSA) is 70.6 Å². The molecule has 1 heterocycles. The average Bonchev–Trinajstić information content (AvgIpc) is 2.92. The van der Waals surface area contributed by atoms with Gasteiger partial charge < -0.3 is 10.6 Å². The van der Waals surface area contributed by atoms with Crippen molar-refractivity contribution < 1.29 is 9.59 Å². The smallest absolute Gasteiger partial charge is 0.240 e. The molecule has 2 N–H and O–H groups in total. The van der Waals surface area contributed by atoms with Gasteiger partial charge in [-0.25, -0.2) is 4.99 Å². The molecule has 134 valence electrons. The molecular formula is C18H15Cl2N3O2S. The van der Waals surface area contributed by atoms with Crippen LogP contribution in [0.3, 0.4) is 0 Å². The molecule has 0 aromatic heterocycles. The number of carbonyl (C=O) groups is 2. The van der Waals surface area contributed by atoms with Gasteiger partial charge in [-0.3, -0.25) is 9.59 Å². The summed E-state index contributed by atoms with van der Waals surface area (Å²) in [5.74, 6) is -0.495. The number of rotatable bonds is 4. The number of amides is 2. The SMILES string of the molecule is Cc1cc(Cl)ccc1NC(=O)C[C@@H]1SC(=Nc2ccccc2Cl)NC1=O. The van der Waals surface area contributed by atoms with Crippen LogP contribution in [0.2, 0.25) is 10.0 Å². The lowest BCUT2D eigenvalue weighted by Crippen LogP contribution is -2.28. The second kappa shape index (κ2) is 8.12. The van der Waals surface area contributed by atoms with Crippen molar-refractivity contribution in [2.24, 2.45) is 4.99 Å². The Morgan fingerprint density at radius 2 is 2.04 bits per heavy atom. The minimum Gasteiger partial charge on any atom is -0.326 e. The van der Waals surface area contributed by atoms with Gasteiger partial charge in [0.2, 0.25) is 11.8 Å². The van der Waals surface area contributed by atoms with Gasteiger partial charge in [0.1, 0.15) is 5.25 Å². The van der Waals surface area contributed by atoms with E-state index in [1.807, 2.05) is 13.0 Å². The normalized spacial score (nSPS) is 18.0. The molecule has 5 nitrogen and oxygen atoms in total. The van der Waals surface area contributed by atoms with E-state index >= 15 is 0 Å².